The smallest absolute Gasteiger partial charge is 0.251 e. The zero-order valence-electron chi connectivity index (χ0n) is 13.9. The highest BCUT2D eigenvalue weighted by atomic mass is 16.3. The summed E-state index contributed by atoms with van der Waals surface area (Å²) in [4.78, 5) is 18.4. The molecule has 1 atom stereocenters. The average Bonchev–Trinajstić information content (AvgIpc) is 2.98. The highest BCUT2D eigenvalue weighted by molar-refractivity contribution is 5.94. The monoisotopic (exact) mass is 318 g/mol. The molecule has 0 aromatic heterocycles. The van der Waals surface area contributed by atoms with E-state index in [4.69, 9.17) is 0 Å². The van der Waals surface area contributed by atoms with Crippen molar-refractivity contribution >= 4 is 11.9 Å². The largest absolute Gasteiger partial charge is 0.391 e. The van der Waals surface area contributed by atoms with E-state index >= 15 is 0 Å². The van der Waals surface area contributed by atoms with Gasteiger partial charge in [-0.2, -0.15) is 0 Å². The SMILES string of the molecule is CCNC(=O)c1ccc(CN=C(NCC)N2CC[C@@H](O)C2)cc1. The van der Waals surface area contributed by atoms with Crippen molar-refractivity contribution in [2.75, 3.05) is 26.2 Å². The van der Waals surface area contributed by atoms with Gasteiger partial charge < -0.3 is 20.6 Å². The number of carbonyl (C=O) groups excluding carboxylic acids is 1. The second-order valence-corrected chi connectivity index (χ2v) is 5.62. The maximum absolute atomic E-state index is 11.7. The van der Waals surface area contributed by atoms with E-state index in [0.717, 1.165) is 31.0 Å². The lowest BCUT2D eigenvalue weighted by atomic mass is 10.1. The van der Waals surface area contributed by atoms with Crippen molar-refractivity contribution in [2.24, 2.45) is 4.99 Å². The van der Waals surface area contributed by atoms with Crippen molar-refractivity contribution in [3.05, 3.63) is 35.4 Å². The molecule has 1 aromatic carbocycles. The van der Waals surface area contributed by atoms with Crippen LogP contribution in [0.1, 0.15) is 36.2 Å². The minimum Gasteiger partial charge on any atom is -0.391 e. The Bertz CT molecular complexity index is 542. The van der Waals surface area contributed by atoms with Gasteiger partial charge in [0, 0.05) is 31.7 Å². The van der Waals surface area contributed by atoms with E-state index in [-0.39, 0.29) is 12.0 Å². The van der Waals surface area contributed by atoms with E-state index in [0.29, 0.717) is 25.2 Å². The number of guanidine groups is 1. The first-order chi connectivity index (χ1) is 11.1. The number of aliphatic imine (C=N–C) groups is 1. The number of aliphatic hydroxyl groups is 1. The molecule has 2 rings (SSSR count). The Morgan fingerprint density at radius 3 is 2.52 bits per heavy atom. The van der Waals surface area contributed by atoms with Gasteiger partial charge in [-0.3, -0.25) is 4.79 Å². The third-order valence-corrected chi connectivity index (χ3v) is 3.76. The maximum atomic E-state index is 11.7. The summed E-state index contributed by atoms with van der Waals surface area (Å²) in [5.41, 5.74) is 1.71. The summed E-state index contributed by atoms with van der Waals surface area (Å²) in [6, 6.07) is 7.50. The number of carbonyl (C=O) groups is 1. The molecule has 1 saturated heterocycles. The zero-order chi connectivity index (χ0) is 16.7. The van der Waals surface area contributed by atoms with Gasteiger partial charge in [-0.15, -0.1) is 0 Å². The lowest BCUT2D eigenvalue weighted by Gasteiger charge is -2.20. The van der Waals surface area contributed by atoms with Crippen LogP contribution in [0.5, 0.6) is 0 Å². The van der Waals surface area contributed by atoms with Crippen LogP contribution in [0, 0.1) is 0 Å². The predicted octanol–water partition coefficient (Wildman–Crippen LogP) is 0.968. The normalized spacial score (nSPS) is 18.1. The fraction of sp³-hybridized carbons (Fsp3) is 0.529. The third kappa shape index (κ3) is 4.96. The van der Waals surface area contributed by atoms with Crippen LogP contribution >= 0.6 is 0 Å². The number of likely N-dealkylation sites (tertiary alicyclic amines) is 1. The van der Waals surface area contributed by atoms with Crippen molar-refractivity contribution < 1.29 is 9.90 Å². The molecule has 1 fully saturated rings. The Kier molecular flexibility index (Phi) is 6.40. The van der Waals surface area contributed by atoms with Gasteiger partial charge in [-0.05, 0) is 38.0 Å². The molecule has 0 bridgehead atoms. The van der Waals surface area contributed by atoms with Gasteiger partial charge in [0.25, 0.3) is 5.91 Å². The van der Waals surface area contributed by atoms with Crippen molar-refractivity contribution in [1.29, 1.82) is 0 Å². The molecule has 0 spiro atoms. The molecule has 23 heavy (non-hydrogen) atoms. The van der Waals surface area contributed by atoms with Gasteiger partial charge in [-0.1, -0.05) is 12.1 Å². The summed E-state index contributed by atoms with van der Waals surface area (Å²) >= 11 is 0. The number of hydrogen-bond acceptors (Lipinski definition) is 3. The van der Waals surface area contributed by atoms with Crippen LogP contribution in [0.4, 0.5) is 0 Å². The number of aliphatic hydroxyl groups excluding tert-OH is 1. The van der Waals surface area contributed by atoms with Crippen LogP contribution in [0.25, 0.3) is 0 Å². The Labute approximate surface area is 137 Å². The van der Waals surface area contributed by atoms with Gasteiger partial charge in [0.1, 0.15) is 0 Å². The molecular weight excluding hydrogens is 292 g/mol. The summed E-state index contributed by atoms with van der Waals surface area (Å²) in [5, 5.41) is 15.7. The van der Waals surface area contributed by atoms with Crippen LogP contribution in [-0.2, 0) is 6.54 Å². The Morgan fingerprint density at radius 1 is 1.26 bits per heavy atom. The topological polar surface area (TPSA) is 77.0 Å². The minimum absolute atomic E-state index is 0.0538. The van der Waals surface area contributed by atoms with Crippen LogP contribution in [0.3, 0.4) is 0 Å². The second kappa shape index (κ2) is 8.53. The quantitative estimate of drug-likeness (QED) is 0.558. The molecule has 1 heterocycles. The molecule has 1 amide bonds. The lowest BCUT2D eigenvalue weighted by Crippen LogP contribution is -2.40. The molecule has 1 aliphatic heterocycles. The highest BCUT2D eigenvalue weighted by Crippen LogP contribution is 2.10. The average molecular weight is 318 g/mol. The lowest BCUT2D eigenvalue weighted by molar-refractivity contribution is 0.0956. The molecule has 0 aliphatic carbocycles. The minimum atomic E-state index is -0.268. The second-order valence-electron chi connectivity index (χ2n) is 5.62. The van der Waals surface area contributed by atoms with Crippen molar-refractivity contribution in [1.82, 2.24) is 15.5 Å². The summed E-state index contributed by atoms with van der Waals surface area (Å²) in [6.07, 6.45) is 0.515. The van der Waals surface area contributed by atoms with E-state index in [1.165, 1.54) is 0 Å². The van der Waals surface area contributed by atoms with Crippen molar-refractivity contribution in [3.63, 3.8) is 0 Å². The van der Waals surface area contributed by atoms with Gasteiger partial charge in [-0.25, -0.2) is 4.99 Å². The molecule has 3 N–H and O–H groups in total. The fourth-order valence-corrected chi connectivity index (χ4v) is 2.55. The van der Waals surface area contributed by atoms with E-state index in [9.17, 15) is 9.90 Å². The Morgan fingerprint density at radius 2 is 1.96 bits per heavy atom. The van der Waals surface area contributed by atoms with Crippen molar-refractivity contribution in [2.45, 2.75) is 32.9 Å². The van der Waals surface area contributed by atoms with Crippen LogP contribution in [0.2, 0.25) is 0 Å². The van der Waals surface area contributed by atoms with Crippen molar-refractivity contribution in [3.8, 4) is 0 Å². The number of hydrogen-bond donors (Lipinski definition) is 3. The summed E-state index contributed by atoms with van der Waals surface area (Å²) < 4.78 is 0. The molecule has 0 radical (unpaired) electrons. The molecule has 6 nitrogen and oxygen atoms in total. The number of amides is 1. The van der Waals surface area contributed by atoms with Gasteiger partial charge >= 0.3 is 0 Å². The number of nitrogens with one attached hydrogen (secondary N) is 2. The molecule has 6 heteroatoms. The zero-order valence-corrected chi connectivity index (χ0v) is 13.9. The third-order valence-electron chi connectivity index (χ3n) is 3.76. The van der Waals surface area contributed by atoms with Gasteiger partial charge in [0.2, 0.25) is 0 Å². The first kappa shape index (κ1) is 17.3. The van der Waals surface area contributed by atoms with Crippen LogP contribution in [-0.4, -0.2) is 54.2 Å². The van der Waals surface area contributed by atoms with Gasteiger partial charge in [0.05, 0.1) is 12.6 Å². The first-order valence-corrected chi connectivity index (χ1v) is 8.22. The molecule has 0 saturated carbocycles. The van der Waals surface area contributed by atoms with Gasteiger partial charge in [0.15, 0.2) is 5.96 Å². The highest BCUT2D eigenvalue weighted by Gasteiger charge is 2.22. The van der Waals surface area contributed by atoms with Crippen LogP contribution < -0.4 is 10.6 Å². The standard InChI is InChI=1S/C17H26N4O2/c1-3-18-16(23)14-7-5-13(6-8-14)11-20-17(19-4-2)21-10-9-15(22)12-21/h5-8,15,22H,3-4,9-12H2,1-2H3,(H,18,23)(H,19,20)/t15-/m1/s1. The summed E-state index contributed by atoms with van der Waals surface area (Å²) in [5.74, 6) is 0.777. The van der Waals surface area contributed by atoms with E-state index in [2.05, 4.69) is 20.5 Å². The number of nitrogens with zero attached hydrogens (tertiary/aromatic N) is 2. The van der Waals surface area contributed by atoms with Crippen LogP contribution in [0.15, 0.2) is 29.3 Å². The summed E-state index contributed by atoms with van der Waals surface area (Å²) in [7, 11) is 0. The molecular formula is C17H26N4O2. The molecule has 0 unspecified atom stereocenters. The Balaban J connectivity index is 2.00. The molecule has 1 aliphatic rings. The number of rotatable bonds is 5. The van der Waals surface area contributed by atoms with E-state index < -0.39 is 0 Å². The Hall–Kier alpha value is -2.08. The first-order valence-electron chi connectivity index (χ1n) is 8.22. The number of β-amino-alcohol motifs (C(OH)–C–C–N with tert-alkyl or cyclic N) is 1. The van der Waals surface area contributed by atoms with E-state index in [1.807, 2.05) is 38.1 Å². The predicted molar refractivity (Wildman–Crippen MR) is 91.5 cm³/mol. The number of benzene rings is 1. The maximum Gasteiger partial charge on any atom is 0.251 e. The van der Waals surface area contributed by atoms with E-state index in [1.54, 1.807) is 0 Å². The fourth-order valence-electron chi connectivity index (χ4n) is 2.55. The molecule has 126 valence electrons. The molecule has 1 aromatic rings. The summed E-state index contributed by atoms with van der Waals surface area (Å²) in [6.45, 7) is 7.34.